The van der Waals surface area contributed by atoms with E-state index in [1.807, 2.05) is 32.0 Å². The molecule has 2 aromatic heterocycles. The SMILES string of the molecule is CCCCCCOc1ccc(N(c2ccc(OCCCCCC)cc2)c2ccc(-c3ccc(-c4ccc(C5=C([O-])/C(=C/C6=[N+](CCCC)c7ccc(C(=O)O)cc7C6(C)C)C5=O)s4)s3)cc2)cc1. The monoisotopic (exact) mass is 946 g/mol. The third-order valence-electron chi connectivity index (χ3n) is 12.9. The largest absolute Gasteiger partial charge is 0.871 e. The number of fused-ring (bicyclic) bond motifs is 1. The summed E-state index contributed by atoms with van der Waals surface area (Å²) in [5, 5.41) is 23.5. The summed E-state index contributed by atoms with van der Waals surface area (Å²) >= 11 is 3.14. The van der Waals surface area contributed by atoms with E-state index < -0.39 is 11.4 Å². The molecule has 0 saturated carbocycles. The topological polar surface area (TPSA) is 102 Å². The van der Waals surface area contributed by atoms with Crippen LogP contribution >= 0.6 is 22.7 Å². The zero-order valence-corrected chi connectivity index (χ0v) is 41.6. The lowest BCUT2D eigenvalue weighted by atomic mass is 9.78. The zero-order chi connectivity index (χ0) is 47.8. The number of rotatable bonds is 23. The van der Waals surface area contributed by atoms with Gasteiger partial charge in [0.05, 0.1) is 24.2 Å². The van der Waals surface area contributed by atoms with Crippen molar-refractivity contribution in [3.8, 4) is 31.7 Å². The number of nitrogens with zero attached hydrogens (tertiary/aromatic N) is 2. The van der Waals surface area contributed by atoms with Gasteiger partial charge in [-0.05, 0) is 129 Å². The molecular formula is C58H62N2O6S2. The van der Waals surface area contributed by atoms with Crippen LogP contribution in [0.1, 0.15) is 120 Å². The molecule has 8 rings (SSSR count). The van der Waals surface area contributed by atoms with Crippen LogP contribution in [-0.2, 0) is 10.2 Å². The van der Waals surface area contributed by atoms with Crippen LogP contribution in [-0.4, -0.2) is 46.9 Å². The predicted molar refractivity (Wildman–Crippen MR) is 278 cm³/mol. The number of ether oxygens (including phenoxy) is 2. The van der Waals surface area contributed by atoms with E-state index >= 15 is 0 Å². The highest BCUT2D eigenvalue weighted by atomic mass is 32.1. The van der Waals surface area contributed by atoms with Crippen molar-refractivity contribution in [1.82, 2.24) is 0 Å². The number of carbonyl (C=O) groups excluding carboxylic acids is 1. The van der Waals surface area contributed by atoms with Crippen molar-refractivity contribution in [1.29, 1.82) is 0 Å². The van der Waals surface area contributed by atoms with Crippen molar-refractivity contribution >= 4 is 68.5 Å². The minimum Gasteiger partial charge on any atom is -0.871 e. The summed E-state index contributed by atoms with van der Waals surface area (Å²) < 4.78 is 14.3. The normalized spacial score (nSPS) is 14.7. The van der Waals surface area contributed by atoms with Gasteiger partial charge < -0.3 is 24.6 Å². The summed E-state index contributed by atoms with van der Waals surface area (Å²) in [5.74, 6) is 0.240. The molecule has 0 spiro atoms. The Morgan fingerprint density at radius 1 is 0.662 bits per heavy atom. The van der Waals surface area contributed by atoms with E-state index in [0.717, 1.165) is 91.4 Å². The van der Waals surface area contributed by atoms with Gasteiger partial charge in [-0.1, -0.05) is 83.6 Å². The minimum absolute atomic E-state index is 0.171. The van der Waals surface area contributed by atoms with Crippen molar-refractivity contribution in [2.24, 2.45) is 0 Å². The maximum absolute atomic E-state index is 13.8. The minimum atomic E-state index is -0.987. The number of unbranched alkanes of at least 4 members (excludes halogenated alkanes) is 7. The second kappa shape index (κ2) is 21.8. The number of benzene rings is 4. The second-order valence-corrected chi connectivity index (χ2v) is 20.3. The number of carbonyl (C=O) groups is 2. The molecule has 3 heterocycles. The first kappa shape index (κ1) is 48.2. The smallest absolute Gasteiger partial charge is 0.335 e. The standard InChI is InChI=1S/C58H62N2O6S2/c1-6-9-12-14-35-65-44-25-21-42(22-26-44)60(43-23-27-45(28-24-43)66-36-15-13-10-7-2)41-19-16-39(17-20-41)49-30-31-50(67-49)51-32-33-52(68-51)54-55(61)46(56(54)62)38-53-58(4,5)47-37-40(57(63)64)18-29-48(47)59(53)34-11-8-3/h16-33,37-38H,6-15,34-36H2,1-5H3,(H-,61,62,63,64). The van der Waals surface area contributed by atoms with Crippen molar-refractivity contribution in [2.45, 2.75) is 104 Å². The van der Waals surface area contributed by atoms with Gasteiger partial charge in [0.25, 0.3) is 0 Å². The first-order valence-corrected chi connectivity index (χ1v) is 25.9. The van der Waals surface area contributed by atoms with Gasteiger partial charge in [0.2, 0.25) is 5.69 Å². The molecule has 0 atom stereocenters. The molecule has 8 nitrogen and oxygen atoms in total. The Bertz CT molecular complexity index is 2770. The fourth-order valence-electron chi connectivity index (χ4n) is 9.00. The Morgan fingerprint density at radius 2 is 1.18 bits per heavy atom. The second-order valence-electron chi connectivity index (χ2n) is 18.2. The van der Waals surface area contributed by atoms with Crippen molar-refractivity contribution < 1.29 is 33.9 Å². The van der Waals surface area contributed by atoms with Crippen molar-refractivity contribution in [3.05, 3.63) is 149 Å². The van der Waals surface area contributed by atoms with Crippen LogP contribution in [0.25, 0.3) is 25.8 Å². The fraction of sp³-hybridized carbons (Fsp3) is 0.328. The van der Waals surface area contributed by atoms with Crippen LogP contribution in [0.3, 0.4) is 0 Å². The number of anilines is 3. The van der Waals surface area contributed by atoms with E-state index in [9.17, 15) is 19.8 Å². The fourth-order valence-corrected chi connectivity index (χ4v) is 11.1. The molecule has 6 aromatic rings. The third-order valence-corrected chi connectivity index (χ3v) is 15.4. The Kier molecular flexibility index (Phi) is 15.5. The number of hydrogen-bond acceptors (Lipinski definition) is 8. The van der Waals surface area contributed by atoms with Crippen molar-refractivity contribution in [3.63, 3.8) is 0 Å². The third kappa shape index (κ3) is 10.4. The molecule has 352 valence electrons. The Balaban J connectivity index is 0.999. The molecule has 0 bridgehead atoms. The van der Waals surface area contributed by atoms with Gasteiger partial charge in [-0.2, -0.15) is 4.58 Å². The molecule has 1 N–H and O–H groups in total. The molecular weight excluding hydrogens is 885 g/mol. The molecule has 0 amide bonds. The van der Waals surface area contributed by atoms with Gasteiger partial charge in [-0.25, -0.2) is 4.79 Å². The average Bonchev–Trinajstić information content (AvgIpc) is 4.09. The number of Topliss-reactive ketones (excluding diaryl/α,β-unsaturated/α-hetero) is 1. The molecule has 10 heteroatoms. The van der Waals surface area contributed by atoms with Crippen molar-refractivity contribution in [2.75, 3.05) is 24.7 Å². The van der Waals surface area contributed by atoms with Gasteiger partial charge in [0.15, 0.2) is 11.5 Å². The van der Waals surface area contributed by atoms with E-state index in [1.165, 1.54) is 49.9 Å². The number of aromatic carboxylic acids is 1. The maximum Gasteiger partial charge on any atom is 0.335 e. The summed E-state index contributed by atoms with van der Waals surface area (Å²) in [7, 11) is 0. The summed E-state index contributed by atoms with van der Waals surface area (Å²) in [4.78, 5) is 31.8. The summed E-state index contributed by atoms with van der Waals surface area (Å²) in [5.41, 5.74) is 6.80. The van der Waals surface area contributed by atoms with E-state index in [2.05, 4.69) is 115 Å². The molecule has 0 unspecified atom stereocenters. The van der Waals surface area contributed by atoms with Crippen LogP contribution in [0.2, 0.25) is 0 Å². The molecule has 1 aliphatic heterocycles. The first-order valence-electron chi connectivity index (χ1n) is 24.3. The lowest BCUT2D eigenvalue weighted by Gasteiger charge is -2.30. The number of carboxylic acid groups (broad SMARTS) is 1. The average molecular weight is 947 g/mol. The number of thiophene rings is 2. The quantitative estimate of drug-likeness (QED) is 0.0388. The summed E-state index contributed by atoms with van der Waals surface area (Å²) in [6.07, 6.45) is 12.9. The van der Waals surface area contributed by atoms with E-state index in [4.69, 9.17) is 9.47 Å². The van der Waals surface area contributed by atoms with Crippen LogP contribution in [0.5, 0.6) is 11.5 Å². The van der Waals surface area contributed by atoms with Gasteiger partial charge in [0, 0.05) is 71.8 Å². The first-order chi connectivity index (χ1) is 33.0. The van der Waals surface area contributed by atoms with Gasteiger partial charge in [0.1, 0.15) is 18.0 Å². The Hall–Kier alpha value is -6.23. The number of allylic oxidation sites excluding steroid dienone is 3. The van der Waals surface area contributed by atoms with Gasteiger partial charge in [-0.3, -0.25) is 4.79 Å². The molecule has 2 aliphatic rings. The zero-order valence-electron chi connectivity index (χ0n) is 39.9. The van der Waals surface area contributed by atoms with Crippen LogP contribution in [0, 0.1) is 0 Å². The summed E-state index contributed by atoms with van der Waals surface area (Å²) in [6, 6.07) is 38.6. The molecule has 68 heavy (non-hydrogen) atoms. The molecule has 0 fully saturated rings. The number of hydrogen-bond donors (Lipinski definition) is 1. The maximum atomic E-state index is 13.8. The highest BCUT2D eigenvalue weighted by molar-refractivity contribution is 7.24. The predicted octanol–water partition coefficient (Wildman–Crippen LogP) is 14.7. The molecule has 0 saturated heterocycles. The molecule has 4 aromatic carbocycles. The molecule has 0 radical (unpaired) electrons. The van der Waals surface area contributed by atoms with E-state index in [-0.39, 0.29) is 28.3 Å². The summed E-state index contributed by atoms with van der Waals surface area (Å²) in [6.45, 7) is 12.7. The lowest BCUT2D eigenvalue weighted by Crippen LogP contribution is -2.33. The van der Waals surface area contributed by atoms with Gasteiger partial charge in [-0.15, -0.1) is 22.7 Å². The van der Waals surface area contributed by atoms with Crippen LogP contribution in [0.15, 0.2) is 133 Å². The molecule has 1 aliphatic carbocycles. The van der Waals surface area contributed by atoms with Crippen LogP contribution in [0.4, 0.5) is 22.7 Å². The highest BCUT2D eigenvalue weighted by Crippen LogP contribution is 2.46. The van der Waals surface area contributed by atoms with E-state index in [1.54, 1.807) is 29.5 Å². The Labute approximate surface area is 409 Å². The van der Waals surface area contributed by atoms with Gasteiger partial charge >= 0.3 is 5.97 Å². The highest BCUT2D eigenvalue weighted by Gasteiger charge is 2.46. The Morgan fingerprint density at radius 3 is 1.71 bits per heavy atom. The van der Waals surface area contributed by atoms with Crippen LogP contribution < -0.4 is 19.5 Å². The van der Waals surface area contributed by atoms with E-state index in [0.29, 0.717) is 24.6 Å². The lowest BCUT2D eigenvalue weighted by molar-refractivity contribution is -0.438. The number of carboxylic acids is 1. The number of ketones is 1.